The Morgan fingerprint density at radius 2 is 1.60 bits per heavy atom. The highest BCUT2D eigenvalue weighted by Gasteiger charge is 2.39. The van der Waals surface area contributed by atoms with Crippen molar-refractivity contribution in [2.24, 2.45) is 5.92 Å². The predicted octanol–water partition coefficient (Wildman–Crippen LogP) is 8.36. The van der Waals surface area contributed by atoms with Gasteiger partial charge in [0.15, 0.2) is 0 Å². The maximum Gasteiger partial charge on any atom is 0.411 e. The fraction of sp³-hybridized carbons (Fsp3) is 0.412. The van der Waals surface area contributed by atoms with Crippen molar-refractivity contribution < 1.29 is 19.4 Å². The molecule has 0 aliphatic carbocycles. The topological polar surface area (TPSA) is 127 Å². The van der Waals surface area contributed by atoms with Gasteiger partial charge >= 0.3 is 12.2 Å². The van der Waals surface area contributed by atoms with E-state index in [2.05, 4.69) is 66.3 Å². The quantitative estimate of drug-likeness (QED) is 0.184. The molecular weight excluding hydrogens is 588 g/mol. The van der Waals surface area contributed by atoms with Gasteiger partial charge in [-0.1, -0.05) is 37.3 Å². The third-order valence-electron chi connectivity index (χ3n) is 8.86. The lowest BCUT2D eigenvalue weighted by Gasteiger charge is -2.30. The van der Waals surface area contributed by atoms with E-state index in [4.69, 9.17) is 14.7 Å². The summed E-state index contributed by atoms with van der Waals surface area (Å²) in [5, 5.41) is 9.62. The van der Waals surface area contributed by atoms with E-state index in [-0.39, 0.29) is 24.2 Å². The van der Waals surface area contributed by atoms with Crippen molar-refractivity contribution in [3.63, 3.8) is 0 Å². The van der Waals surface area contributed by atoms with Crippen LogP contribution in [0, 0.1) is 5.92 Å². The van der Waals surface area contributed by atoms with Gasteiger partial charge < -0.3 is 19.8 Å². The maximum atomic E-state index is 13.0. The van der Waals surface area contributed by atoms with E-state index in [9.17, 15) is 14.7 Å². The Hall–Kier alpha value is -4.38. The van der Waals surface area contributed by atoms with Crippen LogP contribution in [0.5, 0.6) is 0 Å². The Balaban J connectivity index is 1.09. The summed E-state index contributed by atoms with van der Waals surface area (Å²) in [6, 6.07) is 16.5. The summed E-state index contributed by atoms with van der Waals surface area (Å²) in [5.41, 5.74) is 5.44. The van der Waals surface area contributed by atoms with Crippen LogP contribution in [0.15, 0.2) is 48.5 Å². The molecule has 5 heterocycles. The normalized spacial score (nSPS) is 22.2. The van der Waals surface area contributed by atoms with Crippen molar-refractivity contribution >= 4 is 44.9 Å². The predicted molar refractivity (Wildman–Crippen MR) is 175 cm³/mol. The largest absolute Gasteiger partial charge is 0.465 e. The second kappa shape index (κ2) is 10.9. The van der Waals surface area contributed by atoms with E-state index in [1.807, 2.05) is 31.7 Å². The van der Waals surface area contributed by atoms with Crippen molar-refractivity contribution in [1.82, 2.24) is 29.7 Å². The molecule has 10 nitrogen and oxygen atoms in total. The number of nitrogens with one attached hydrogen (secondary N) is 2. The molecule has 2 amide bonds. The molecule has 7 rings (SSSR count). The van der Waals surface area contributed by atoms with Gasteiger partial charge in [-0.3, -0.25) is 9.80 Å². The summed E-state index contributed by atoms with van der Waals surface area (Å²) >= 11 is 1.61. The van der Waals surface area contributed by atoms with E-state index in [1.54, 1.807) is 11.3 Å². The Labute approximate surface area is 265 Å². The summed E-state index contributed by atoms with van der Waals surface area (Å²) in [6.45, 7) is 10.3. The molecular formula is C34H38N6O4S. The average molecular weight is 627 g/mol. The first-order chi connectivity index (χ1) is 21.4. The number of likely N-dealkylation sites (tertiary alicyclic amines) is 2. The van der Waals surface area contributed by atoms with Crippen molar-refractivity contribution in [2.45, 2.75) is 77.6 Å². The highest BCUT2D eigenvalue weighted by Crippen LogP contribution is 2.39. The molecule has 0 bridgehead atoms. The van der Waals surface area contributed by atoms with Crippen LogP contribution in [0.3, 0.4) is 0 Å². The molecule has 11 heteroatoms. The fourth-order valence-electron chi connectivity index (χ4n) is 6.71. The van der Waals surface area contributed by atoms with Crippen LogP contribution in [0.4, 0.5) is 9.59 Å². The third-order valence-corrected chi connectivity index (χ3v) is 9.94. The van der Waals surface area contributed by atoms with Gasteiger partial charge in [-0.2, -0.15) is 0 Å². The van der Waals surface area contributed by atoms with Gasteiger partial charge in [-0.05, 0) is 87.8 Å². The molecule has 0 spiro atoms. The number of aromatic nitrogens is 4. The number of carbonyl (C=O) groups excluding carboxylic acids is 1. The lowest BCUT2D eigenvalue weighted by molar-refractivity contribution is 0.0152. The molecule has 2 aliphatic rings. The molecule has 3 aromatic heterocycles. The van der Waals surface area contributed by atoms with Crippen LogP contribution in [-0.2, 0) is 4.74 Å². The van der Waals surface area contributed by atoms with Gasteiger partial charge in [-0.25, -0.2) is 19.6 Å². The number of amides is 2. The van der Waals surface area contributed by atoms with Gasteiger partial charge in [0.2, 0.25) is 0 Å². The number of aromatic amines is 2. The van der Waals surface area contributed by atoms with Crippen molar-refractivity contribution in [3.05, 3.63) is 60.2 Å². The molecule has 2 saturated heterocycles. The Morgan fingerprint density at radius 1 is 0.911 bits per heavy atom. The molecule has 5 aromatic rings. The molecule has 2 unspecified atom stereocenters. The van der Waals surface area contributed by atoms with Crippen molar-refractivity contribution in [3.8, 4) is 21.6 Å². The number of nitrogens with zero attached hydrogens (tertiary/aromatic N) is 4. The van der Waals surface area contributed by atoms with Crippen molar-refractivity contribution in [1.29, 1.82) is 0 Å². The molecule has 0 radical (unpaired) electrons. The summed E-state index contributed by atoms with van der Waals surface area (Å²) < 4.78 is 5.71. The highest BCUT2D eigenvalue weighted by atomic mass is 32.1. The number of benzene rings is 2. The van der Waals surface area contributed by atoms with Crippen LogP contribution < -0.4 is 0 Å². The fourth-order valence-corrected chi connectivity index (χ4v) is 7.72. The number of rotatable bonds is 4. The number of carbonyl (C=O) groups is 2. The standard InChI is InChI=1S/C34H38N6O4S/c1-18-14-27(39(17-18)32(41)42)30-37-25-16-28(45-31(25)38-30)21-9-7-20(8-10-21)22-11-12-23-24(15-22)36-29(35-23)26-13-6-19(2)40(26)33(43)44-34(3,4)5/h7-12,15-16,18-19,26-27H,6,13-14,17H2,1-5H3,(H,35,36)(H,37,38)(H,41,42)/t18?,19-,26-,27?/m0/s1. The number of H-pyrrole nitrogens is 2. The minimum Gasteiger partial charge on any atom is -0.465 e. The van der Waals surface area contributed by atoms with E-state index in [1.165, 1.54) is 4.90 Å². The Morgan fingerprint density at radius 3 is 2.31 bits per heavy atom. The number of carboxylic acid groups (broad SMARTS) is 1. The zero-order chi connectivity index (χ0) is 31.6. The van der Waals surface area contributed by atoms with Crippen molar-refractivity contribution in [2.75, 3.05) is 6.54 Å². The molecule has 234 valence electrons. The maximum absolute atomic E-state index is 13.0. The molecule has 2 aliphatic heterocycles. The van der Waals surface area contributed by atoms with Crippen LogP contribution in [0.25, 0.3) is 42.9 Å². The van der Waals surface area contributed by atoms with Gasteiger partial charge in [0.1, 0.15) is 22.1 Å². The minimum absolute atomic E-state index is 0.0831. The third kappa shape index (κ3) is 5.54. The smallest absolute Gasteiger partial charge is 0.411 e. The summed E-state index contributed by atoms with van der Waals surface area (Å²) in [4.78, 5) is 46.6. The summed E-state index contributed by atoms with van der Waals surface area (Å²) in [7, 11) is 0. The first-order valence-electron chi connectivity index (χ1n) is 15.5. The number of imidazole rings is 2. The number of thiophene rings is 1. The minimum atomic E-state index is -0.898. The monoisotopic (exact) mass is 626 g/mol. The molecule has 2 fully saturated rings. The first kappa shape index (κ1) is 29.3. The molecule has 3 N–H and O–H groups in total. The molecule has 45 heavy (non-hydrogen) atoms. The van der Waals surface area contributed by atoms with Crippen LogP contribution >= 0.6 is 11.3 Å². The Kier molecular flexibility index (Phi) is 7.11. The summed E-state index contributed by atoms with van der Waals surface area (Å²) in [6.07, 6.45) is 1.32. The summed E-state index contributed by atoms with van der Waals surface area (Å²) in [5.74, 6) is 1.82. The molecule has 2 aromatic carbocycles. The van der Waals surface area contributed by atoms with E-state index >= 15 is 0 Å². The van der Waals surface area contributed by atoms with Crippen LogP contribution in [-0.4, -0.2) is 65.2 Å². The second-order valence-electron chi connectivity index (χ2n) is 13.5. The lowest BCUT2D eigenvalue weighted by Crippen LogP contribution is -2.40. The lowest BCUT2D eigenvalue weighted by atomic mass is 10.0. The SMILES string of the molecule is CC1CC(c2nc3sc(-c4ccc(-c5ccc6nc([C@@H]7CC[C@H](C)N7C(=O)OC(C)(C)C)[nH]c6c5)cc4)cc3[nH]2)N(C(=O)O)C1. The second-order valence-corrected chi connectivity index (χ2v) is 14.5. The molecule has 4 atom stereocenters. The van der Waals surface area contributed by atoms with Gasteiger partial charge in [0.25, 0.3) is 0 Å². The number of hydrogen-bond acceptors (Lipinski definition) is 6. The number of ether oxygens (including phenoxy) is 1. The average Bonchev–Trinajstić information content (AvgIpc) is 3.78. The number of fused-ring (bicyclic) bond motifs is 2. The van der Waals surface area contributed by atoms with E-state index in [0.29, 0.717) is 12.5 Å². The highest BCUT2D eigenvalue weighted by molar-refractivity contribution is 7.21. The zero-order valence-corrected chi connectivity index (χ0v) is 26.9. The van der Waals surface area contributed by atoms with E-state index in [0.717, 1.165) is 73.9 Å². The van der Waals surface area contributed by atoms with Crippen LogP contribution in [0.2, 0.25) is 0 Å². The zero-order valence-electron chi connectivity index (χ0n) is 26.1. The first-order valence-corrected chi connectivity index (χ1v) is 16.4. The van der Waals surface area contributed by atoms with Gasteiger partial charge in [0.05, 0.1) is 28.6 Å². The van der Waals surface area contributed by atoms with E-state index < -0.39 is 11.7 Å². The van der Waals surface area contributed by atoms with Gasteiger partial charge in [-0.15, -0.1) is 11.3 Å². The molecule has 0 saturated carbocycles. The number of hydrogen-bond donors (Lipinski definition) is 3. The Bertz CT molecular complexity index is 1870. The van der Waals surface area contributed by atoms with Gasteiger partial charge in [0, 0.05) is 17.5 Å². The van der Waals surface area contributed by atoms with Crippen LogP contribution in [0.1, 0.15) is 77.6 Å².